The highest BCUT2D eigenvalue weighted by molar-refractivity contribution is 7.84. The van der Waals surface area contributed by atoms with Crippen LogP contribution in [-0.4, -0.2) is 39.2 Å². The van der Waals surface area contributed by atoms with Crippen LogP contribution in [0.1, 0.15) is 13.8 Å². The summed E-state index contributed by atoms with van der Waals surface area (Å²) in [6, 6.07) is 0. The fourth-order valence-electron chi connectivity index (χ4n) is 0.627. The number of hydrogen-bond donors (Lipinski definition) is 2. The molecule has 0 rings (SSSR count). The van der Waals surface area contributed by atoms with Gasteiger partial charge < -0.3 is 10.4 Å². The highest BCUT2D eigenvalue weighted by Crippen LogP contribution is 1.96. The van der Waals surface area contributed by atoms with E-state index in [-0.39, 0.29) is 11.8 Å². The Labute approximate surface area is 85.3 Å². The van der Waals surface area contributed by atoms with E-state index in [0.29, 0.717) is 0 Å². The van der Waals surface area contributed by atoms with E-state index in [1.54, 1.807) is 6.92 Å². The standard InChI is InChI=1S/C8H15NO4S/c1-5(14(3)13)4-9-7(10)6(2)8(11)12/h5-6H,4H2,1-3H3,(H,9,10)(H,11,12). The zero-order valence-electron chi connectivity index (χ0n) is 8.44. The molecule has 82 valence electrons. The molecule has 5 nitrogen and oxygen atoms in total. The molecule has 14 heavy (non-hydrogen) atoms. The summed E-state index contributed by atoms with van der Waals surface area (Å²) in [4.78, 5) is 21.5. The van der Waals surface area contributed by atoms with Gasteiger partial charge in [-0.15, -0.1) is 0 Å². The van der Waals surface area contributed by atoms with Gasteiger partial charge >= 0.3 is 5.97 Å². The lowest BCUT2D eigenvalue weighted by molar-refractivity contribution is -0.146. The van der Waals surface area contributed by atoms with Crippen molar-refractivity contribution >= 4 is 22.7 Å². The minimum atomic E-state index is -1.16. The van der Waals surface area contributed by atoms with Crippen molar-refractivity contribution in [1.29, 1.82) is 0 Å². The van der Waals surface area contributed by atoms with Gasteiger partial charge in [0.25, 0.3) is 0 Å². The van der Waals surface area contributed by atoms with Crippen LogP contribution >= 0.6 is 0 Å². The van der Waals surface area contributed by atoms with E-state index in [1.807, 2.05) is 0 Å². The smallest absolute Gasteiger partial charge is 0.315 e. The van der Waals surface area contributed by atoms with Gasteiger partial charge in [-0.1, -0.05) is 0 Å². The minimum Gasteiger partial charge on any atom is -0.481 e. The van der Waals surface area contributed by atoms with Crippen molar-refractivity contribution in [2.75, 3.05) is 12.8 Å². The average molecular weight is 221 g/mol. The molecule has 0 aromatic rings. The number of carbonyl (C=O) groups is 2. The van der Waals surface area contributed by atoms with Crippen LogP contribution in [-0.2, 0) is 20.4 Å². The van der Waals surface area contributed by atoms with Gasteiger partial charge in [0.05, 0.1) is 0 Å². The van der Waals surface area contributed by atoms with Crippen LogP contribution in [0.5, 0.6) is 0 Å². The van der Waals surface area contributed by atoms with E-state index < -0.39 is 28.6 Å². The Hall–Kier alpha value is -0.910. The second-order valence-electron chi connectivity index (χ2n) is 3.11. The summed E-state index contributed by atoms with van der Waals surface area (Å²) in [5, 5.41) is 10.8. The van der Waals surface area contributed by atoms with Gasteiger partial charge in [-0.2, -0.15) is 0 Å². The molecule has 0 aromatic carbocycles. The number of hydrogen-bond acceptors (Lipinski definition) is 3. The molecule has 0 aliphatic carbocycles. The average Bonchev–Trinajstić information content (AvgIpc) is 2.11. The zero-order valence-corrected chi connectivity index (χ0v) is 9.26. The van der Waals surface area contributed by atoms with Crippen molar-refractivity contribution in [1.82, 2.24) is 5.32 Å². The van der Waals surface area contributed by atoms with Crippen LogP contribution in [0.25, 0.3) is 0 Å². The predicted octanol–water partition coefficient (Wildman–Crippen LogP) is -0.410. The molecule has 0 aliphatic rings. The Morgan fingerprint density at radius 1 is 1.43 bits per heavy atom. The lowest BCUT2D eigenvalue weighted by atomic mass is 10.2. The quantitative estimate of drug-likeness (QED) is 0.618. The SMILES string of the molecule is CC(C(=O)O)C(=O)NCC(C)S(C)=O. The first-order chi connectivity index (χ1) is 6.36. The van der Waals surface area contributed by atoms with Gasteiger partial charge in [0.2, 0.25) is 5.91 Å². The largest absolute Gasteiger partial charge is 0.481 e. The number of aliphatic carboxylic acids is 1. The summed E-state index contributed by atoms with van der Waals surface area (Å²) in [5.74, 6) is -2.77. The normalized spacial score (nSPS) is 16.8. The number of carboxylic acids is 1. The summed E-state index contributed by atoms with van der Waals surface area (Å²) in [5.41, 5.74) is 0. The Bertz CT molecular complexity index is 254. The van der Waals surface area contributed by atoms with E-state index in [4.69, 9.17) is 5.11 Å². The molecule has 0 heterocycles. The maximum absolute atomic E-state index is 11.1. The molecule has 0 fully saturated rings. The summed E-state index contributed by atoms with van der Waals surface area (Å²) in [6.45, 7) is 3.27. The minimum absolute atomic E-state index is 0.167. The number of rotatable bonds is 5. The monoisotopic (exact) mass is 221 g/mol. The Morgan fingerprint density at radius 2 is 1.93 bits per heavy atom. The molecule has 1 amide bonds. The van der Waals surface area contributed by atoms with Crippen molar-refractivity contribution < 1.29 is 18.9 Å². The number of amides is 1. The van der Waals surface area contributed by atoms with Gasteiger partial charge in [0, 0.05) is 28.9 Å². The van der Waals surface area contributed by atoms with Crippen molar-refractivity contribution in [2.24, 2.45) is 5.92 Å². The number of carboxylic acid groups (broad SMARTS) is 1. The van der Waals surface area contributed by atoms with E-state index >= 15 is 0 Å². The third-order valence-corrected chi connectivity index (χ3v) is 3.19. The maximum atomic E-state index is 11.1. The summed E-state index contributed by atoms with van der Waals surface area (Å²) >= 11 is 0. The molecule has 2 N–H and O–H groups in total. The van der Waals surface area contributed by atoms with E-state index in [9.17, 15) is 13.8 Å². The highest BCUT2D eigenvalue weighted by atomic mass is 32.2. The molecule has 0 radical (unpaired) electrons. The van der Waals surface area contributed by atoms with Gasteiger partial charge in [0.15, 0.2) is 0 Å². The molecule has 0 aliphatic heterocycles. The Morgan fingerprint density at radius 3 is 2.29 bits per heavy atom. The third-order valence-electron chi connectivity index (χ3n) is 1.89. The predicted molar refractivity (Wildman–Crippen MR) is 53.3 cm³/mol. The number of nitrogens with one attached hydrogen (secondary N) is 1. The fraction of sp³-hybridized carbons (Fsp3) is 0.750. The molecule has 3 atom stereocenters. The first kappa shape index (κ1) is 13.1. The molecular formula is C8H15NO4S. The van der Waals surface area contributed by atoms with E-state index in [2.05, 4.69) is 5.32 Å². The second kappa shape index (κ2) is 5.74. The van der Waals surface area contributed by atoms with Crippen LogP contribution in [0.3, 0.4) is 0 Å². The lowest BCUT2D eigenvalue weighted by Gasteiger charge is -2.11. The first-order valence-corrected chi connectivity index (χ1v) is 5.81. The molecule has 0 saturated heterocycles. The molecule has 0 spiro atoms. The van der Waals surface area contributed by atoms with Crippen LogP contribution in [0.4, 0.5) is 0 Å². The van der Waals surface area contributed by atoms with Crippen LogP contribution in [0.15, 0.2) is 0 Å². The van der Waals surface area contributed by atoms with E-state index in [0.717, 1.165) is 0 Å². The molecular weight excluding hydrogens is 206 g/mol. The number of carbonyl (C=O) groups excluding carboxylic acids is 1. The van der Waals surface area contributed by atoms with Gasteiger partial charge in [-0.3, -0.25) is 13.8 Å². The summed E-state index contributed by atoms with van der Waals surface area (Å²) < 4.78 is 10.9. The Kier molecular flexibility index (Phi) is 5.37. The molecule has 3 unspecified atom stereocenters. The van der Waals surface area contributed by atoms with Crippen molar-refractivity contribution in [3.8, 4) is 0 Å². The highest BCUT2D eigenvalue weighted by Gasteiger charge is 2.20. The summed E-state index contributed by atoms with van der Waals surface area (Å²) in [6.07, 6.45) is 1.54. The van der Waals surface area contributed by atoms with Crippen molar-refractivity contribution in [3.63, 3.8) is 0 Å². The van der Waals surface area contributed by atoms with Crippen molar-refractivity contribution in [2.45, 2.75) is 19.1 Å². The van der Waals surface area contributed by atoms with Crippen LogP contribution in [0, 0.1) is 5.92 Å². The maximum Gasteiger partial charge on any atom is 0.315 e. The Balaban J connectivity index is 3.97. The summed E-state index contributed by atoms with van der Waals surface area (Å²) in [7, 11) is -1.01. The van der Waals surface area contributed by atoms with E-state index in [1.165, 1.54) is 13.2 Å². The van der Waals surface area contributed by atoms with Gasteiger partial charge in [0.1, 0.15) is 5.92 Å². The lowest BCUT2D eigenvalue weighted by Crippen LogP contribution is -2.38. The van der Waals surface area contributed by atoms with Gasteiger partial charge in [-0.25, -0.2) is 0 Å². The first-order valence-electron chi connectivity index (χ1n) is 4.19. The second-order valence-corrected chi connectivity index (χ2v) is 4.92. The fourth-order valence-corrected chi connectivity index (χ4v) is 0.945. The molecule has 6 heteroatoms. The van der Waals surface area contributed by atoms with Crippen LogP contribution < -0.4 is 5.32 Å². The molecule has 0 aromatic heterocycles. The van der Waals surface area contributed by atoms with Crippen molar-refractivity contribution in [3.05, 3.63) is 0 Å². The molecule has 0 saturated carbocycles. The van der Waals surface area contributed by atoms with Crippen LogP contribution in [0.2, 0.25) is 0 Å². The topological polar surface area (TPSA) is 83.5 Å². The third kappa shape index (κ3) is 4.36. The molecule has 0 bridgehead atoms. The zero-order chi connectivity index (χ0) is 11.3. The van der Waals surface area contributed by atoms with Gasteiger partial charge in [-0.05, 0) is 13.8 Å².